The lowest BCUT2D eigenvalue weighted by Gasteiger charge is -2.23. The van der Waals surface area contributed by atoms with Crippen molar-refractivity contribution in [3.8, 4) is 28.3 Å². The SMILES string of the molecule is COc1nc(-c2cccc(-c3cccc(NC(=O)c4ccnn(C)c4=O)c3C)c2Cl)cc2c1C(NCC1CNC(=O)C1)C(OC)C2. The van der Waals surface area contributed by atoms with Crippen LogP contribution >= 0.6 is 11.6 Å². The molecule has 4 aromatic rings. The normalized spacial score (nSPS) is 18.7. The second kappa shape index (κ2) is 13.0. The molecule has 1 aliphatic heterocycles. The minimum atomic E-state index is -0.520. The lowest BCUT2D eigenvalue weighted by molar-refractivity contribution is -0.119. The Morgan fingerprint density at radius 3 is 2.59 bits per heavy atom. The fourth-order valence-corrected chi connectivity index (χ4v) is 6.65. The fourth-order valence-electron chi connectivity index (χ4n) is 6.32. The Labute approximate surface area is 271 Å². The van der Waals surface area contributed by atoms with Crippen LogP contribution in [0.5, 0.6) is 5.88 Å². The second-order valence-electron chi connectivity index (χ2n) is 11.6. The number of hydrogen-bond acceptors (Lipinski definition) is 8. The number of carbonyl (C=O) groups excluding carboxylic acids is 2. The van der Waals surface area contributed by atoms with Crippen molar-refractivity contribution in [2.24, 2.45) is 13.0 Å². The molecule has 1 saturated heterocycles. The van der Waals surface area contributed by atoms with Crippen LogP contribution in [0.3, 0.4) is 0 Å². The molecule has 0 spiro atoms. The Morgan fingerprint density at radius 1 is 1.09 bits per heavy atom. The highest BCUT2D eigenvalue weighted by atomic mass is 35.5. The first-order valence-corrected chi connectivity index (χ1v) is 15.4. The number of ether oxygens (including phenoxy) is 2. The number of carbonyl (C=O) groups is 2. The molecule has 3 heterocycles. The van der Waals surface area contributed by atoms with E-state index in [0.29, 0.717) is 48.2 Å². The van der Waals surface area contributed by atoms with Crippen LogP contribution < -0.4 is 26.2 Å². The van der Waals surface area contributed by atoms with Crippen LogP contribution in [0.2, 0.25) is 5.02 Å². The average Bonchev–Trinajstić information content (AvgIpc) is 3.64. The number of methoxy groups -OCH3 is 2. The van der Waals surface area contributed by atoms with Gasteiger partial charge in [0, 0.05) is 68.7 Å². The van der Waals surface area contributed by atoms with Gasteiger partial charge in [0.25, 0.3) is 11.5 Å². The number of aryl methyl sites for hydroxylation is 1. The highest BCUT2D eigenvalue weighted by Gasteiger charge is 2.37. The molecule has 2 aliphatic rings. The number of nitrogens with zero attached hydrogens (tertiary/aromatic N) is 3. The van der Waals surface area contributed by atoms with E-state index in [9.17, 15) is 14.4 Å². The molecule has 3 unspecified atom stereocenters. The Kier molecular flexibility index (Phi) is 8.90. The number of amides is 2. The number of pyridine rings is 1. The molecule has 3 atom stereocenters. The van der Waals surface area contributed by atoms with Crippen molar-refractivity contribution in [1.82, 2.24) is 25.4 Å². The maximum atomic E-state index is 13.0. The lowest BCUT2D eigenvalue weighted by Crippen LogP contribution is -2.34. The zero-order valence-corrected chi connectivity index (χ0v) is 26.8. The molecule has 3 N–H and O–H groups in total. The zero-order chi connectivity index (χ0) is 32.5. The third-order valence-electron chi connectivity index (χ3n) is 8.79. The number of hydrogen-bond donors (Lipinski definition) is 3. The highest BCUT2D eigenvalue weighted by molar-refractivity contribution is 6.36. The topological polar surface area (TPSA) is 136 Å². The summed E-state index contributed by atoms with van der Waals surface area (Å²) in [7, 11) is 4.80. The molecule has 0 radical (unpaired) electrons. The molecule has 46 heavy (non-hydrogen) atoms. The number of benzene rings is 2. The smallest absolute Gasteiger partial charge is 0.279 e. The van der Waals surface area contributed by atoms with Gasteiger partial charge < -0.3 is 25.4 Å². The first-order valence-electron chi connectivity index (χ1n) is 15.0. The van der Waals surface area contributed by atoms with E-state index in [4.69, 9.17) is 26.1 Å². The van der Waals surface area contributed by atoms with Crippen molar-refractivity contribution in [1.29, 1.82) is 0 Å². The maximum absolute atomic E-state index is 13.0. The number of nitrogens with one attached hydrogen (secondary N) is 3. The molecular formula is C34H35ClN6O5. The quantitative estimate of drug-likeness (QED) is 0.249. The molecule has 1 aliphatic carbocycles. The van der Waals surface area contributed by atoms with Crippen LogP contribution in [-0.4, -0.2) is 60.0 Å². The van der Waals surface area contributed by atoms with E-state index < -0.39 is 11.5 Å². The van der Waals surface area contributed by atoms with E-state index in [1.807, 2.05) is 43.3 Å². The molecular weight excluding hydrogens is 608 g/mol. The number of halogens is 1. The fraction of sp³-hybridized carbons (Fsp3) is 0.324. The number of fused-ring (bicyclic) bond motifs is 1. The van der Waals surface area contributed by atoms with Crippen LogP contribution in [0.25, 0.3) is 22.4 Å². The molecule has 11 nitrogen and oxygen atoms in total. The summed E-state index contributed by atoms with van der Waals surface area (Å²) in [6.07, 6.45) is 2.46. The van der Waals surface area contributed by atoms with Crippen LogP contribution in [0.1, 0.15) is 39.5 Å². The minimum absolute atomic E-state index is 0.00207. The second-order valence-corrected chi connectivity index (χ2v) is 12.0. The Morgan fingerprint density at radius 2 is 1.85 bits per heavy atom. The average molecular weight is 643 g/mol. The van der Waals surface area contributed by atoms with Crippen molar-refractivity contribution in [2.75, 3.05) is 32.6 Å². The van der Waals surface area contributed by atoms with Crippen LogP contribution in [-0.2, 0) is 23.0 Å². The van der Waals surface area contributed by atoms with E-state index in [0.717, 1.165) is 38.1 Å². The van der Waals surface area contributed by atoms with Gasteiger partial charge in [-0.15, -0.1) is 0 Å². The van der Waals surface area contributed by atoms with E-state index >= 15 is 0 Å². The van der Waals surface area contributed by atoms with Gasteiger partial charge in [-0.3, -0.25) is 14.4 Å². The largest absolute Gasteiger partial charge is 0.481 e. The van der Waals surface area contributed by atoms with Gasteiger partial charge in [0.1, 0.15) is 5.56 Å². The van der Waals surface area contributed by atoms with Gasteiger partial charge in [-0.2, -0.15) is 5.10 Å². The summed E-state index contributed by atoms with van der Waals surface area (Å²) in [4.78, 5) is 42.1. The van der Waals surface area contributed by atoms with Crippen molar-refractivity contribution in [3.05, 3.63) is 92.4 Å². The first kappa shape index (κ1) is 31.4. The summed E-state index contributed by atoms with van der Waals surface area (Å²) in [5.74, 6) is 0.267. The third-order valence-corrected chi connectivity index (χ3v) is 9.20. The van der Waals surface area contributed by atoms with Crippen LogP contribution in [0.4, 0.5) is 5.69 Å². The van der Waals surface area contributed by atoms with E-state index in [1.54, 1.807) is 20.3 Å². The van der Waals surface area contributed by atoms with Crippen molar-refractivity contribution >= 4 is 29.1 Å². The van der Waals surface area contributed by atoms with Gasteiger partial charge in [-0.05, 0) is 47.7 Å². The molecule has 0 saturated carbocycles. The molecule has 12 heteroatoms. The summed E-state index contributed by atoms with van der Waals surface area (Å²) in [6.45, 7) is 3.22. The summed E-state index contributed by atoms with van der Waals surface area (Å²) in [6, 6.07) is 14.6. The van der Waals surface area contributed by atoms with Crippen molar-refractivity contribution in [2.45, 2.75) is 31.9 Å². The van der Waals surface area contributed by atoms with E-state index in [1.165, 1.54) is 19.3 Å². The molecule has 6 rings (SSSR count). The van der Waals surface area contributed by atoms with Gasteiger partial charge in [-0.25, -0.2) is 9.67 Å². The summed E-state index contributed by atoms with van der Waals surface area (Å²) < 4.78 is 12.8. The van der Waals surface area contributed by atoms with Gasteiger partial charge >= 0.3 is 0 Å². The highest BCUT2D eigenvalue weighted by Crippen LogP contribution is 2.43. The van der Waals surface area contributed by atoms with Crippen molar-refractivity contribution < 1.29 is 19.1 Å². The Bertz CT molecular complexity index is 1890. The molecule has 2 amide bonds. The monoisotopic (exact) mass is 642 g/mol. The van der Waals surface area contributed by atoms with E-state index in [2.05, 4.69) is 21.0 Å². The van der Waals surface area contributed by atoms with Gasteiger partial charge in [0.2, 0.25) is 11.8 Å². The summed E-state index contributed by atoms with van der Waals surface area (Å²) >= 11 is 7.12. The predicted molar refractivity (Wildman–Crippen MR) is 175 cm³/mol. The molecule has 2 aromatic carbocycles. The third kappa shape index (κ3) is 5.89. The summed E-state index contributed by atoms with van der Waals surface area (Å²) in [5.41, 5.74) is 5.85. The molecule has 2 aromatic heterocycles. The molecule has 0 bridgehead atoms. The number of anilines is 1. The van der Waals surface area contributed by atoms with E-state index in [-0.39, 0.29) is 29.5 Å². The molecule has 238 valence electrons. The van der Waals surface area contributed by atoms with Crippen LogP contribution in [0, 0.1) is 12.8 Å². The maximum Gasteiger partial charge on any atom is 0.279 e. The number of aromatic nitrogens is 3. The number of rotatable bonds is 9. The zero-order valence-electron chi connectivity index (χ0n) is 26.0. The van der Waals surface area contributed by atoms with Gasteiger partial charge in [-0.1, -0.05) is 41.9 Å². The molecule has 1 fully saturated rings. The van der Waals surface area contributed by atoms with Gasteiger partial charge in [0.15, 0.2) is 0 Å². The Balaban J connectivity index is 1.31. The Hall–Kier alpha value is -4.58. The first-order chi connectivity index (χ1) is 22.2. The van der Waals surface area contributed by atoms with Crippen LogP contribution in [0.15, 0.2) is 59.5 Å². The minimum Gasteiger partial charge on any atom is -0.481 e. The predicted octanol–water partition coefficient (Wildman–Crippen LogP) is 4.07. The summed E-state index contributed by atoms with van der Waals surface area (Å²) in [5, 5.41) is 13.7. The lowest BCUT2D eigenvalue weighted by atomic mass is 9.96. The van der Waals surface area contributed by atoms with Crippen molar-refractivity contribution in [3.63, 3.8) is 0 Å². The standard InChI is InChI=1S/C34H35ClN6O5/c1-18-21(7-6-10-25(18)39-32(43)24-11-12-38-41(2)34(24)44)22-8-5-9-23(30(22)35)26-14-20-15-27(45-3)31(29(20)33(40-26)46-4)37-17-19-13-28(42)36-16-19/h5-12,14,19,27,31,37H,13,15-17H2,1-4H3,(H,36,42)(H,39,43). The van der Waals surface area contributed by atoms with Gasteiger partial charge in [0.05, 0.1) is 30.0 Å².